The fourth-order valence-electron chi connectivity index (χ4n) is 2.89. The zero-order valence-corrected chi connectivity index (χ0v) is 17.5. The van der Waals surface area contributed by atoms with Gasteiger partial charge in [-0.05, 0) is 42.5 Å². The molecule has 31 heavy (non-hydrogen) atoms. The lowest BCUT2D eigenvalue weighted by molar-refractivity contribution is -0.114. The zero-order valence-electron chi connectivity index (χ0n) is 16.7. The van der Waals surface area contributed by atoms with E-state index in [4.69, 9.17) is 4.74 Å². The molecule has 4 rings (SSSR count). The molecule has 1 heterocycles. The van der Waals surface area contributed by atoms with Crippen molar-refractivity contribution in [1.82, 2.24) is 4.98 Å². The molecule has 0 saturated heterocycles. The van der Waals surface area contributed by atoms with Gasteiger partial charge in [0.1, 0.15) is 11.5 Å². The number of carbonyl (C=O) groups excluding carboxylic acids is 2. The highest BCUT2D eigenvalue weighted by molar-refractivity contribution is 7.14. The van der Waals surface area contributed by atoms with Crippen LogP contribution in [0.1, 0.15) is 17.3 Å². The molecular weight excluding hydrogens is 410 g/mol. The lowest BCUT2D eigenvalue weighted by Crippen LogP contribution is -2.11. The van der Waals surface area contributed by atoms with E-state index < -0.39 is 0 Å². The summed E-state index contributed by atoms with van der Waals surface area (Å²) in [6.07, 6.45) is 0. The Morgan fingerprint density at radius 3 is 2.35 bits per heavy atom. The van der Waals surface area contributed by atoms with Gasteiger partial charge in [-0.2, -0.15) is 0 Å². The largest absolute Gasteiger partial charge is 0.457 e. The van der Waals surface area contributed by atoms with E-state index in [-0.39, 0.29) is 11.8 Å². The molecule has 6 nitrogen and oxygen atoms in total. The summed E-state index contributed by atoms with van der Waals surface area (Å²) in [5, 5.41) is 7.93. The van der Waals surface area contributed by atoms with Crippen molar-refractivity contribution >= 4 is 34.0 Å². The maximum atomic E-state index is 12.7. The van der Waals surface area contributed by atoms with E-state index in [2.05, 4.69) is 15.6 Å². The minimum atomic E-state index is -0.264. The average Bonchev–Trinajstić information content (AvgIpc) is 3.23. The van der Waals surface area contributed by atoms with E-state index in [0.717, 1.165) is 16.9 Å². The summed E-state index contributed by atoms with van der Waals surface area (Å²) >= 11 is 1.35. The molecule has 7 heteroatoms. The number of thiazole rings is 1. The highest BCUT2D eigenvalue weighted by Gasteiger charge is 2.11. The Balaban J connectivity index is 1.43. The first-order chi connectivity index (χ1) is 15.1. The van der Waals surface area contributed by atoms with Crippen molar-refractivity contribution in [2.24, 2.45) is 0 Å². The van der Waals surface area contributed by atoms with Gasteiger partial charge in [-0.15, -0.1) is 11.3 Å². The number of benzene rings is 3. The number of aromatic nitrogens is 1. The minimum Gasteiger partial charge on any atom is -0.457 e. The molecule has 2 amide bonds. The van der Waals surface area contributed by atoms with Crippen LogP contribution in [0.4, 0.5) is 10.8 Å². The van der Waals surface area contributed by atoms with E-state index >= 15 is 0 Å². The van der Waals surface area contributed by atoms with Crippen LogP contribution in [0.15, 0.2) is 84.2 Å². The maximum absolute atomic E-state index is 12.7. The van der Waals surface area contributed by atoms with E-state index in [1.165, 1.54) is 18.3 Å². The van der Waals surface area contributed by atoms with Crippen LogP contribution >= 0.6 is 11.3 Å². The molecule has 0 radical (unpaired) electrons. The lowest BCUT2D eigenvalue weighted by Gasteiger charge is -2.07. The number of rotatable bonds is 6. The van der Waals surface area contributed by atoms with Crippen LogP contribution in [-0.4, -0.2) is 16.8 Å². The first-order valence-electron chi connectivity index (χ1n) is 9.55. The standard InChI is InChI=1S/C24H19N3O3S/c1-16(28)25-19-12-10-17(11-13-19)22-15-31-24(26-22)27-23(29)18-6-5-9-21(14-18)30-20-7-3-2-4-8-20/h2-15H,1H3,(H,25,28)(H,26,27,29). The van der Waals surface area contributed by atoms with Crippen molar-refractivity contribution < 1.29 is 14.3 Å². The van der Waals surface area contributed by atoms with Gasteiger partial charge in [-0.3, -0.25) is 14.9 Å². The number of anilines is 2. The Hall–Kier alpha value is -3.97. The van der Waals surface area contributed by atoms with Crippen molar-refractivity contribution in [2.75, 3.05) is 10.6 Å². The smallest absolute Gasteiger partial charge is 0.257 e. The molecule has 4 aromatic rings. The van der Waals surface area contributed by atoms with Crippen molar-refractivity contribution in [3.63, 3.8) is 0 Å². The summed E-state index contributed by atoms with van der Waals surface area (Å²) in [6, 6.07) is 23.8. The van der Waals surface area contributed by atoms with Gasteiger partial charge in [0.2, 0.25) is 5.91 Å². The van der Waals surface area contributed by atoms with Crippen LogP contribution in [0.3, 0.4) is 0 Å². The summed E-state index contributed by atoms with van der Waals surface area (Å²) in [5.41, 5.74) is 2.84. The van der Waals surface area contributed by atoms with Gasteiger partial charge in [0, 0.05) is 29.1 Å². The molecule has 2 N–H and O–H groups in total. The van der Waals surface area contributed by atoms with E-state index in [9.17, 15) is 9.59 Å². The first-order valence-corrected chi connectivity index (χ1v) is 10.4. The lowest BCUT2D eigenvalue weighted by atomic mass is 10.1. The van der Waals surface area contributed by atoms with Crippen molar-refractivity contribution in [3.8, 4) is 22.8 Å². The van der Waals surface area contributed by atoms with Crippen molar-refractivity contribution in [2.45, 2.75) is 6.92 Å². The zero-order chi connectivity index (χ0) is 21.6. The SMILES string of the molecule is CC(=O)Nc1ccc(-c2csc(NC(=O)c3cccc(Oc4ccccc4)c3)n2)cc1. The number of carbonyl (C=O) groups is 2. The van der Waals surface area contributed by atoms with Crippen molar-refractivity contribution in [1.29, 1.82) is 0 Å². The van der Waals surface area contributed by atoms with Gasteiger partial charge in [0.25, 0.3) is 5.91 Å². The fraction of sp³-hybridized carbons (Fsp3) is 0.0417. The molecule has 0 atom stereocenters. The first kappa shape index (κ1) is 20.3. The van der Waals surface area contributed by atoms with Gasteiger partial charge in [-0.25, -0.2) is 4.98 Å². The molecular formula is C24H19N3O3S. The average molecular weight is 430 g/mol. The summed E-state index contributed by atoms with van der Waals surface area (Å²) in [7, 11) is 0. The van der Waals surface area contributed by atoms with Crippen LogP contribution in [-0.2, 0) is 4.79 Å². The molecule has 0 spiro atoms. The van der Waals surface area contributed by atoms with Crippen LogP contribution in [0.25, 0.3) is 11.3 Å². The van der Waals surface area contributed by atoms with Gasteiger partial charge in [0.15, 0.2) is 5.13 Å². The normalized spacial score (nSPS) is 10.4. The Morgan fingerprint density at radius 1 is 0.871 bits per heavy atom. The molecule has 0 fully saturated rings. The highest BCUT2D eigenvalue weighted by Crippen LogP contribution is 2.27. The minimum absolute atomic E-state index is 0.121. The third kappa shape index (κ3) is 5.34. The molecule has 0 aliphatic heterocycles. The molecule has 1 aromatic heterocycles. The number of amides is 2. The number of nitrogens with one attached hydrogen (secondary N) is 2. The van der Waals surface area contributed by atoms with Crippen LogP contribution < -0.4 is 15.4 Å². The monoisotopic (exact) mass is 429 g/mol. The van der Waals surface area contributed by atoms with Crippen LogP contribution in [0.2, 0.25) is 0 Å². The molecule has 0 aliphatic carbocycles. The number of ether oxygens (including phenoxy) is 1. The number of hydrogen-bond acceptors (Lipinski definition) is 5. The maximum Gasteiger partial charge on any atom is 0.257 e. The van der Waals surface area contributed by atoms with E-state index in [1.54, 1.807) is 24.3 Å². The predicted molar refractivity (Wildman–Crippen MR) is 123 cm³/mol. The summed E-state index contributed by atoms with van der Waals surface area (Å²) in [5.74, 6) is 0.900. The van der Waals surface area contributed by atoms with Crippen molar-refractivity contribution in [3.05, 3.63) is 89.8 Å². The molecule has 3 aromatic carbocycles. The van der Waals surface area contributed by atoms with Gasteiger partial charge in [0.05, 0.1) is 5.69 Å². The summed E-state index contributed by atoms with van der Waals surface area (Å²) in [6.45, 7) is 1.47. The fourth-order valence-corrected chi connectivity index (χ4v) is 3.60. The Morgan fingerprint density at radius 2 is 1.61 bits per heavy atom. The third-order valence-corrected chi connectivity index (χ3v) is 5.06. The number of nitrogens with zero attached hydrogens (tertiary/aromatic N) is 1. The second-order valence-electron chi connectivity index (χ2n) is 6.69. The summed E-state index contributed by atoms with van der Waals surface area (Å²) < 4.78 is 5.80. The molecule has 0 bridgehead atoms. The highest BCUT2D eigenvalue weighted by atomic mass is 32.1. The molecule has 0 unspecified atom stereocenters. The Kier molecular flexibility index (Phi) is 6.05. The predicted octanol–water partition coefficient (Wildman–Crippen LogP) is 5.81. The van der Waals surface area contributed by atoms with Gasteiger partial charge >= 0.3 is 0 Å². The van der Waals surface area contributed by atoms with Gasteiger partial charge < -0.3 is 10.1 Å². The molecule has 154 valence electrons. The number of hydrogen-bond donors (Lipinski definition) is 2. The Bertz CT molecular complexity index is 1200. The summed E-state index contributed by atoms with van der Waals surface area (Å²) in [4.78, 5) is 28.3. The Labute approximate surface area is 183 Å². The quantitative estimate of drug-likeness (QED) is 0.405. The van der Waals surface area contributed by atoms with Gasteiger partial charge in [-0.1, -0.05) is 36.4 Å². The number of para-hydroxylation sites is 1. The van der Waals surface area contributed by atoms with E-state index in [0.29, 0.717) is 22.2 Å². The van der Waals surface area contributed by atoms with E-state index in [1.807, 2.05) is 60.0 Å². The third-order valence-electron chi connectivity index (χ3n) is 4.30. The molecule has 0 aliphatic rings. The molecule has 0 saturated carbocycles. The van der Waals surface area contributed by atoms with Crippen LogP contribution in [0.5, 0.6) is 11.5 Å². The topological polar surface area (TPSA) is 80.3 Å². The second-order valence-corrected chi connectivity index (χ2v) is 7.55. The second kappa shape index (κ2) is 9.23. The van der Waals surface area contributed by atoms with Crippen LogP contribution in [0, 0.1) is 0 Å².